The highest BCUT2D eigenvalue weighted by atomic mass is 79.9. The lowest BCUT2D eigenvalue weighted by atomic mass is 10.00. The van der Waals surface area contributed by atoms with Gasteiger partial charge >= 0.3 is 0 Å². The zero-order valence-corrected chi connectivity index (χ0v) is 17.1. The van der Waals surface area contributed by atoms with E-state index in [-0.39, 0.29) is 0 Å². The molecular weight excluding hydrogens is 444 g/mol. The van der Waals surface area contributed by atoms with E-state index in [0.29, 0.717) is 6.54 Å². The molecule has 0 aromatic heterocycles. The summed E-state index contributed by atoms with van der Waals surface area (Å²) in [6.45, 7) is 1.63. The van der Waals surface area contributed by atoms with Gasteiger partial charge in [-0.25, -0.2) is 0 Å². The van der Waals surface area contributed by atoms with E-state index < -0.39 is 5.72 Å². The van der Waals surface area contributed by atoms with Gasteiger partial charge in [-0.15, -0.1) is 0 Å². The summed E-state index contributed by atoms with van der Waals surface area (Å²) in [7, 11) is 0. The van der Waals surface area contributed by atoms with Crippen LogP contribution in [0.15, 0.2) is 57.5 Å². The highest BCUT2D eigenvalue weighted by Gasteiger charge is 2.53. The maximum Gasteiger partial charge on any atom is 0.275 e. The van der Waals surface area contributed by atoms with E-state index in [1.54, 1.807) is 0 Å². The first-order chi connectivity index (χ1) is 12.1. The minimum absolute atomic E-state index is 0.611. The van der Waals surface area contributed by atoms with Gasteiger partial charge in [0.1, 0.15) is 5.69 Å². The number of anilines is 1. The van der Waals surface area contributed by atoms with Crippen molar-refractivity contribution in [3.05, 3.63) is 63.0 Å². The van der Waals surface area contributed by atoms with Crippen molar-refractivity contribution in [2.75, 3.05) is 18.0 Å². The third kappa shape index (κ3) is 3.18. The molecule has 0 bridgehead atoms. The van der Waals surface area contributed by atoms with Crippen molar-refractivity contribution in [3.8, 4) is 0 Å². The molecule has 0 amide bonds. The molecule has 2 aromatic carbocycles. The van der Waals surface area contributed by atoms with E-state index in [1.165, 1.54) is 25.1 Å². The van der Waals surface area contributed by atoms with Crippen LogP contribution in [-0.4, -0.2) is 28.6 Å². The molecule has 4 rings (SSSR count). The fourth-order valence-corrected chi connectivity index (χ4v) is 4.44. The van der Waals surface area contributed by atoms with Crippen molar-refractivity contribution in [1.29, 1.82) is 0 Å². The Morgan fingerprint density at radius 1 is 0.880 bits per heavy atom. The van der Waals surface area contributed by atoms with Crippen LogP contribution in [0, 0.1) is 0 Å². The molecule has 0 spiro atoms. The molecule has 3 nitrogen and oxygen atoms in total. The molecule has 5 heteroatoms. The standard InChI is InChI=1S/C20H21Br2N2O/c21-16-7-5-15(6-8-16)20(25)14-23-13-3-1-2-4-19(23)24(20)18-11-9-17(22)10-12-18/h5-12,25H,1-4,13-14H2/q+1/t20-/m1/s1. The predicted molar refractivity (Wildman–Crippen MR) is 108 cm³/mol. The second kappa shape index (κ2) is 6.86. The summed E-state index contributed by atoms with van der Waals surface area (Å²) < 4.78 is 4.44. The molecule has 0 radical (unpaired) electrons. The summed E-state index contributed by atoms with van der Waals surface area (Å²) in [4.78, 5) is 2.15. The molecule has 25 heavy (non-hydrogen) atoms. The third-order valence-electron chi connectivity index (χ3n) is 5.12. The summed E-state index contributed by atoms with van der Waals surface area (Å²) in [6.07, 6.45) is 4.63. The Hall–Kier alpha value is -1.17. The van der Waals surface area contributed by atoms with E-state index >= 15 is 0 Å². The van der Waals surface area contributed by atoms with Crippen LogP contribution >= 0.6 is 31.9 Å². The molecule has 0 fully saturated rings. The van der Waals surface area contributed by atoms with Crippen LogP contribution in [0.3, 0.4) is 0 Å². The lowest BCUT2D eigenvalue weighted by Crippen LogP contribution is -2.47. The van der Waals surface area contributed by atoms with Crippen molar-refractivity contribution in [1.82, 2.24) is 0 Å². The van der Waals surface area contributed by atoms with Crippen molar-refractivity contribution in [2.24, 2.45) is 0 Å². The highest BCUT2D eigenvalue weighted by molar-refractivity contribution is 9.10. The molecule has 2 aromatic rings. The predicted octanol–water partition coefficient (Wildman–Crippen LogP) is 4.86. The summed E-state index contributed by atoms with van der Waals surface area (Å²) in [5, 5.41) is 11.8. The Morgan fingerprint density at radius 3 is 2.20 bits per heavy atom. The minimum atomic E-state index is -1.04. The van der Waals surface area contributed by atoms with Crippen LogP contribution in [0.1, 0.15) is 31.2 Å². The quantitative estimate of drug-likeness (QED) is 0.642. The minimum Gasteiger partial charge on any atom is -0.346 e. The first-order valence-electron chi connectivity index (χ1n) is 8.73. The normalized spacial score (nSPS) is 23.6. The van der Waals surface area contributed by atoms with E-state index in [9.17, 15) is 5.11 Å². The monoisotopic (exact) mass is 463 g/mol. The number of hydrogen-bond donors (Lipinski definition) is 1. The Kier molecular flexibility index (Phi) is 4.73. The second-order valence-electron chi connectivity index (χ2n) is 6.78. The summed E-state index contributed by atoms with van der Waals surface area (Å²) >= 11 is 7.01. The average molecular weight is 465 g/mol. The van der Waals surface area contributed by atoms with Gasteiger partial charge in [-0.3, -0.25) is 4.58 Å². The molecule has 0 unspecified atom stereocenters. The number of rotatable bonds is 2. The summed E-state index contributed by atoms with van der Waals surface area (Å²) in [5.74, 6) is 1.24. The number of hydrogen-bond acceptors (Lipinski definition) is 2. The lowest BCUT2D eigenvalue weighted by Gasteiger charge is -2.29. The van der Waals surface area contributed by atoms with Gasteiger partial charge in [0.25, 0.3) is 11.6 Å². The Morgan fingerprint density at radius 2 is 1.52 bits per heavy atom. The molecule has 2 heterocycles. The summed E-state index contributed by atoms with van der Waals surface area (Å²) in [6, 6.07) is 16.3. The highest BCUT2D eigenvalue weighted by Crippen LogP contribution is 2.38. The third-order valence-corrected chi connectivity index (χ3v) is 6.18. The number of benzene rings is 2. The summed E-state index contributed by atoms with van der Waals surface area (Å²) in [5.41, 5.74) is 0.925. The molecule has 2 aliphatic heterocycles. The Balaban J connectivity index is 1.83. The Bertz CT molecular complexity index is 801. The van der Waals surface area contributed by atoms with Crippen LogP contribution in [0.5, 0.6) is 0 Å². The topological polar surface area (TPSA) is 26.5 Å². The van der Waals surface area contributed by atoms with Gasteiger partial charge in [0, 0.05) is 20.9 Å². The molecule has 2 aliphatic rings. The van der Waals surface area contributed by atoms with Crippen LogP contribution in [0.4, 0.5) is 5.69 Å². The number of halogens is 2. The molecular formula is C20H21Br2N2O+. The maximum atomic E-state index is 11.8. The number of amidine groups is 1. The zero-order valence-electron chi connectivity index (χ0n) is 14.0. The van der Waals surface area contributed by atoms with E-state index in [2.05, 4.69) is 53.5 Å². The largest absolute Gasteiger partial charge is 0.346 e. The van der Waals surface area contributed by atoms with Gasteiger partial charge in [0.2, 0.25) is 0 Å². The van der Waals surface area contributed by atoms with E-state index in [0.717, 1.165) is 33.2 Å². The molecule has 1 atom stereocenters. The van der Waals surface area contributed by atoms with Crippen LogP contribution in [-0.2, 0) is 5.72 Å². The van der Waals surface area contributed by atoms with Gasteiger partial charge in [0.05, 0.1) is 6.54 Å². The van der Waals surface area contributed by atoms with Crippen LogP contribution in [0.25, 0.3) is 0 Å². The molecule has 1 N–H and O–H groups in total. The van der Waals surface area contributed by atoms with Crippen molar-refractivity contribution < 1.29 is 9.68 Å². The van der Waals surface area contributed by atoms with Crippen molar-refractivity contribution in [2.45, 2.75) is 31.4 Å². The number of aliphatic hydroxyl groups is 1. The van der Waals surface area contributed by atoms with Gasteiger partial charge in [-0.2, -0.15) is 4.90 Å². The van der Waals surface area contributed by atoms with Crippen molar-refractivity contribution in [3.63, 3.8) is 0 Å². The van der Waals surface area contributed by atoms with Gasteiger partial charge in [-0.05, 0) is 55.7 Å². The van der Waals surface area contributed by atoms with Gasteiger partial charge in [-0.1, -0.05) is 44.0 Å². The number of nitrogens with zero attached hydrogens (tertiary/aromatic N) is 2. The SMILES string of the molecule is O[C@@]1(c2ccc(Br)cc2)C[N+]2=C(CCCCC2)N1c1ccc(Br)cc1. The molecule has 0 aliphatic carbocycles. The Labute approximate surface area is 165 Å². The lowest BCUT2D eigenvalue weighted by molar-refractivity contribution is -0.534. The molecule has 0 saturated carbocycles. The van der Waals surface area contributed by atoms with Crippen molar-refractivity contribution >= 4 is 43.4 Å². The van der Waals surface area contributed by atoms with Gasteiger partial charge in [0.15, 0.2) is 6.54 Å². The van der Waals surface area contributed by atoms with E-state index in [4.69, 9.17) is 0 Å². The van der Waals surface area contributed by atoms with Crippen LogP contribution in [0.2, 0.25) is 0 Å². The first-order valence-corrected chi connectivity index (χ1v) is 10.3. The van der Waals surface area contributed by atoms with Gasteiger partial charge < -0.3 is 5.11 Å². The van der Waals surface area contributed by atoms with Crippen LogP contribution < -0.4 is 4.90 Å². The molecule has 0 saturated heterocycles. The smallest absolute Gasteiger partial charge is 0.275 e. The fourth-order valence-electron chi connectivity index (χ4n) is 3.91. The van der Waals surface area contributed by atoms with E-state index in [1.807, 2.05) is 36.4 Å². The average Bonchev–Trinajstić information content (AvgIpc) is 2.74. The first kappa shape index (κ1) is 17.3. The zero-order chi connectivity index (χ0) is 17.4. The second-order valence-corrected chi connectivity index (χ2v) is 8.62. The molecule has 130 valence electrons. The fraction of sp³-hybridized carbons (Fsp3) is 0.350. The maximum absolute atomic E-state index is 11.8.